The van der Waals surface area contributed by atoms with Gasteiger partial charge < -0.3 is 15.2 Å². The van der Waals surface area contributed by atoms with Crippen LogP contribution in [0, 0.1) is 0 Å². The van der Waals surface area contributed by atoms with Gasteiger partial charge in [-0.15, -0.1) is 10.2 Å². The Morgan fingerprint density at radius 2 is 2.07 bits per heavy atom. The number of benzene rings is 2. The molecule has 0 aliphatic carbocycles. The second-order valence-corrected chi connectivity index (χ2v) is 8.96. The summed E-state index contributed by atoms with van der Waals surface area (Å²) in [4.78, 5) is 11.9. The number of hydrazone groups is 1. The SMILES string of the molecule is COc1cc(C=NNC(=O)CSc2nnc(N)s2)ccc1OCc1ccc(Br)cc1. The number of ether oxygens (including phenoxy) is 2. The number of carbonyl (C=O) groups is 1. The van der Waals surface area contributed by atoms with Crippen molar-refractivity contribution in [1.29, 1.82) is 0 Å². The number of methoxy groups -OCH3 is 1. The summed E-state index contributed by atoms with van der Waals surface area (Å²) < 4.78 is 12.9. The van der Waals surface area contributed by atoms with Gasteiger partial charge in [0.25, 0.3) is 5.91 Å². The number of nitrogens with zero attached hydrogens (tertiary/aromatic N) is 3. The van der Waals surface area contributed by atoms with Gasteiger partial charge in [-0.3, -0.25) is 4.79 Å². The highest BCUT2D eigenvalue weighted by Gasteiger charge is 2.07. The van der Waals surface area contributed by atoms with E-state index < -0.39 is 0 Å². The number of nitrogens with one attached hydrogen (secondary N) is 1. The number of aromatic nitrogens is 2. The average molecular weight is 508 g/mol. The van der Waals surface area contributed by atoms with Gasteiger partial charge in [-0.05, 0) is 41.5 Å². The summed E-state index contributed by atoms with van der Waals surface area (Å²) >= 11 is 5.89. The highest BCUT2D eigenvalue weighted by molar-refractivity contribution is 9.10. The van der Waals surface area contributed by atoms with Gasteiger partial charge in [0.05, 0.1) is 19.1 Å². The molecule has 0 atom stereocenters. The lowest BCUT2D eigenvalue weighted by molar-refractivity contribution is -0.118. The van der Waals surface area contributed by atoms with E-state index in [9.17, 15) is 4.79 Å². The molecule has 0 aliphatic rings. The van der Waals surface area contributed by atoms with Crippen molar-refractivity contribution in [2.45, 2.75) is 10.9 Å². The first-order valence-corrected chi connectivity index (χ1v) is 11.2. The van der Waals surface area contributed by atoms with Crippen LogP contribution in [0.3, 0.4) is 0 Å². The van der Waals surface area contributed by atoms with Crippen LogP contribution in [-0.4, -0.2) is 35.2 Å². The van der Waals surface area contributed by atoms with E-state index in [2.05, 4.69) is 36.7 Å². The topological polar surface area (TPSA) is 112 Å². The Bertz CT molecular complexity index is 1030. The zero-order valence-electron chi connectivity index (χ0n) is 15.9. The maximum atomic E-state index is 11.9. The van der Waals surface area contributed by atoms with Gasteiger partial charge in [-0.25, -0.2) is 5.43 Å². The molecule has 0 fully saturated rings. The van der Waals surface area contributed by atoms with E-state index in [0.29, 0.717) is 27.6 Å². The molecule has 0 aliphatic heterocycles. The van der Waals surface area contributed by atoms with Gasteiger partial charge in [0.15, 0.2) is 15.8 Å². The highest BCUT2D eigenvalue weighted by Crippen LogP contribution is 2.28. The molecule has 156 valence electrons. The molecule has 0 bridgehead atoms. The molecule has 0 saturated heterocycles. The summed E-state index contributed by atoms with van der Waals surface area (Å²) in [7, 11) is 1.57. The number of anilines is 1. The zero-order chi connectivity index (χ0) is 21.3. The van der Waals surface area contributed by atoms with Crippen LogP contribution >= 0.6 is 39.0 Å². The Balaban J connectivity index is 1.51. The van der Waals surface area contributed by atoms with E-state index in [1.54, 1.807) is 19.2 Å². The quantitative estimate of drug-likeness (QED) is 0.258. The van der Waals surface area contributed by atoms with Gasteiger partial charge in [-0.1, -0.05) is 51.2 Å². The normalized spacial score (nSPS) is 10.9. The van der Waals surface area contributed by atoms with Crippen molar-refractivity contribution >= 4 is 56.3 Å². The smallest absolute Gasteiger partial charge is 0.250 e. The third-order valence-corrected chi connectivity index (χ3v) is 6.06. The molecule has 8 nitrogen and oxygen atoms in total. The van der Waals surface area contributed by atoms with Crippen molar-refractivity contribution < 1.29 is 14.3 Å². The number of amides is 1. The monoisotopic (exact) mass is 507 g/mol. The first kappa shape index (κ1) is 22.1. The molecular formula is C19H18BrN5O3S2. The maximum Gasteiger partial charge on any atom is 0.250 e. The number of hydrogen-bond acceptors (Lipinski definition) is 9. The fourth-order valence-corrected chi connectivity index (χ4v) is 3.94. The van der Waals surface area contributed by atoms with E-state index >= 15 is 0 Å². The van der Waals surface area contributed by atoms with Crippen LogP contribution in [0.1, 0.15) is 11.1 Å². The molecule has 0 radical (unpaired) electrons. The molecule has 3 rings (SSSR count). The van der Waals surface area contributed by atoms with Crippen LogP contribution in [0.25, 0.3) is 0 Å². The minimum atomic E-state index is -0.258. The van der Waals surface area contributed by atoms with Gasteiger partial charge in [-0.2, -0.15) is 5.10 Å². The fraction of sp³-hybridized carbons (Fsp3) is 0.158. The average Bonchev–Trinajstić information content (AvgIpc) is 3.17. The lowest BCUT2D eigenvalue weighted by atomic mass is 10.2. The number of carbonyl (C=O) groups excluding carboxylic acids is 1. The van der Waals surface area contributed by atoms with Gasteiger partial charge in [0.2, 0.25) is 5.13 Å². The second-order valence-electron chi connectivity index (χ2n) is 5.81. The summed E-state index contributed by atoms with van der Waals surface area (Å²) in [5.74, 6) is 1.10. The van der Waals surface area contributed by atoms with Crippen LogP contribution in [0.15, 0.2) is 56.4 Å². The van der Waals surface area contributed by atoms with Crippen molar-refractivity contribution in [2.24, 2.45) is 5.10 Å². The second kappa shape index (κ2) is 11.0. The number of nitrogen functional groups attached to an aromatic ring is 1. The summed E-state index contributed by atoms with van der Waals surface area (Å²) in [6.07, 6.45) is 1.53. The molecule has 11 heteroatoms. The molecule has 1 heterocycles. The summed E-state index contributed by atoms with van der Waals surface area (Å²) in [5.41, 5.74) is 9.78. The third kappa shape index (κ3) is 6.71. The van der Waals surface area contributed by atoms with Crippen LogP contribution in [0.5, 0.6) is 11.5 Å². The summed E-state index contributed by atoms with van der Waals surface area (Å²) in [5, 5.41) is 11.9. The van der Waals surface area contributed by atoms with E-state index in [1.807, 2.05) is 30.3 Å². The minimum absolute atomic E-state index is 0.165. The molecule has 3 N–H and O–H groups in total. The molecule has 30 heavy (non-hydrogen) atoms. The molecule has 0 saturated carbocycles. The summed E-state index contributed by atoms with van der Waals surface area (Å²) in [6.45, 7) is 0.422. The minimum Gasteiger partial charge on any atom is -0.493 e. The fourth-order valence-electron chi connectivity index (χ4n) is 2.24. The first-order chi connectivity index (χ1) is 14.5. The Morgan fingerprint density at radius 1 is 1.27 bits per heavy atom. The molecule has 2 aromatic carbocycles. The van der Waals surface area contributed by atoms with Crippen molar-refractivity contribution in [1.82, 2.24) is 15.6 Å². The van der Waals surface area contributed by atoms with Crippen molar-refractivity contribution in [3.63, 3.8) is 0 Å². The van der Waals surface area contributed by atoms with Crippen LogP contribution in [0.2, 0.25) is 0 Å². The number of thioether (sulfide) groups is 1. The van der Waals surface area contributed by atoms with Crippen molar-refractivity contribution in [3.05, 3.63) is 58.1 Å². The zero-order valence-corrected chi connectivity index (χ0v) is 19.1. The van der Waals surface area contributed by atoms with Crippen LogP contribution < -0.4 is 20.6 Å². The van der Waals surface area contributed by atoms with E-state index in [0.717, 1.165) is 15.6 Å². The summed E-state index contributed by atoms with van der Waals surface area (Å²) in [6, 6.07) is 13.3. The number of rotatable bonds is 9. The molecule has 1 aromatic heterocycles. The van der Waals surface area contributed by atoms with E-state index in [4.69, 9.17) is 15.2 Å². The largest absolute Gasteiger partial charge is 0.493 e. The number of hydrogen-bond donors (Lipinski definition) is 2. The Hall–Kier alpha value is -2.63. The van der Waals surface area contributed by atoms with Crippen molar-refractivity contribution in [2.75, 3.05) is 18.6 Å². The Kier molecular flexibility index (Phi) is 8.05. The molecular weight excluding hydrogens is 490 g/mol. The molecule has 3 aromatic rings. The molecule has 0 spiro atoms. The number of nitrogens with two attached hydrogens (primary N) is 1. The Morgan fingerprint density at radius 3 is 2.77 bits per heavy atom. The lowest BCUT2D eigenvalue weighted by Crippen LogP contribution is -2.19. The molecule has 1 amide bonds. The predicted octanol–water partition coefficient (Wildman–Crippen LogP) is 3.71. The highest BCUT2D eigenvalue weighted by atomic mass is 79.9. The standard InChI is InChI=1S/C19H18BrN5O3S2/c1-27-16-8-13(4-7-15(16)28-10-12-2-5-14(20)6-3-12)9-22-23-17(26)11-29-19-25-24-18(21)30-19/h2-9H,10-11H2,1H3,(H2,21,24)(H,23,26). The lowest BCUT2D eigenvalue weighted by Gasteiger charge is -2.11. The number of halogens is 1. The third-order valence-electron chi connectivity index (χ3n) is 3.65. The first-order valence-electron chi connectivity index (χ1n) is 8.62. The van der Waals surface area contributed by atoms with Gasteiger partial charge in [0, 0.05) is 4.47 Å². The van der Waals surface area contributed by atoms with Crippen LogP contribution in [-0.2, 0) is 11.4 Å². The Labute approximate surface area is 190 Å². The van der Waals surface area contributed by atoms with Crippen LogP contribution in [0.4, 0.5) is 5.13 Å². The van der Waals surface area contributed by atoms with E-state index in [-0.39, 0.29) is 11.7 Å². The molecule has 0 unspecified atom stereocenters. The van der Waals surface area contributed by atoms with Crippen molar-refractivity contribution in [3.8, 4) is 11.5 Å². The van der Waals surface area contributed by atoms with Gasteiger partial charge >= 0.3 is 0 Å². The maximum absolute atomic E-state index is 11.9. The van der Waals surface area contributed by atoms with Gasteiger partial charge in [0.1, 0.15) is 6.61 Å². The van der Waals surface area contributed by atoms with E-state index in [1.165, 1.54) is 29.3 Å². The predicted molar refractivity (Wildman–Crippen MR) is 122 cm³/mol.